The molecule has 0 aliphatic carbocycles. The fraction of sp³-hybridized carbons (Fsp3) is 0.421. The van der Waals surface area contributed by atoms with E-state index in [0.717, 1.165) is 5.69 Å². The average Bonchev–Trinajstić information content (AvgIpc) is 2.96. The Balaban J connectivity index is 2.16. The number of aromatic nitrogens is 2. The smallest absolute Gasteiger partial charge is 0.332 e. The van der Waals surface area contributed by atoms with E-state index in [-0.39, 0.29) is 17.8 Å². The van der Waals surface area contributed by atoms with Gasteiger partial charge in [-0.1, -0.05) is 18.2 Å². The Morgan fingerprint density at radius 1 is 1.19 bits per heavy atom. The number of aryl methyl sites for hydroxylation is 1. The van der Waals surface area contributed by atoms with E-state index in [1.807, 2.05) is 33.8 Å². The fourth-order valence-corrected chi connectivity index (χ4v) is 2.47. The molecule has 1 amide bonds. The Morgan fingerprint density at radius 3 is 2.31 bits per heavy atom. The van der Waals surface area contributed by atoms with E-state index in [1.165, 1.54) is 6.92 Å². The fourth-order valence-electron chi connectivity index (χ4n) is 2.47. The molecule has 1 unspecified atom stereocenters. The van der Waals surface area contributed by atoms with Crippen LogP contribution >= 0.6 is 0 Å². The standard InChI is InChI=1S/C19H25N3O4/c1-13-11-15(21-22(13)18(2,3)4)16(23)20-19(5,17(24)25)12-26-14-9-7-6-8-10-14/h6-11H,12H2,1-5H3,(H,20,23)(H,24,25). The molecule has 2 aromatic rings. The van der Waals surface area contributed by atoms with E-state index < -0.39 is 17.4 Å². The van der Waals surface area contributed by atoms with Crippen LogP contribution in [-0.2, 0) is 10.3 Å². The summed E-state index contributed by atoms with van der Waals surface area (Å²) in [5.41, 5.74) is -0.883. The maximum Gasteiger partial charge on any atom is 0.332 e. The summed E-state index contributed by atoms with van der Waals surface area (Å²) < 4.78 is 7.27. The number of aliphatic carboxylic acids is 1. The third-order valence-corrected chi connectivity index (χ3v) is 3.89. The lowest BCUT2D eigenvalue weighted by atomic mass is 10.0. The first-order valence-corrected chi connectivity index (χ1v) is 8.34. The average molecular weight is 359 g/mol. The molecular formula is C19H25N3O4. The van der Waals surface area contributed by atoms with Crippen LogP contribution in [0.15, 0.2) is 36.4 Å². The zero-order chi connectivity index (χ0) is 19.5. The lowest BCUT2D eigenvalue weighted by Gasteiger charge is -2.26. The molecule has 1 atom stereocenters. The van der Waals surface area contributed by atoms with Crippen LogP contribution in [0.2, 0.25) is 0 Å². The number of carbonyl (C=O) groups is 2. The Bertz CT molecular complexity index is 793. The van der Waals surface area contributed by atoms with Crippen LogP contribution in [0.1, 0.15) is 43.9 Å². The van der Waals surface area contributed by atoms with Gasteiger partial charge in [0, 0.05) is 5.69 Å². The minimum atomic E-state index is -1.59. The number of carboxylic acid groups (broad SMARTS) is 1. The Kier molecular flexibility index (Phi) is 5.39. The third kappa shape index (κ3) is 4.41. The van der Waals surface area contributed by atoms with E-state index >= 15 is 0 Å². The number of hydrogen-bond donors (Lipinski definition) is 2. The molecule has 7 heteroatoms. The number of hydrogen-bond acceptors (Lipinski definition) is 4. The maximum atomic E-state index is 12.6. The molecule has 0 radical (unpaired) electrons. The molecule has 7 nitrogen and oxygen atoms in total. The number of para-hydroxylation sites is 1. The zero-order valence-electron chi connectivity index (χ0n) is 15.7. The molecule has 2 rings (SSSR count). The third-order valence-electron chi connectivity index (χ3n) is 3.89. The molecule has 2 N–H and O–H groups in total. The molecule has 0 bridgehead atoms. The Labute approximate surface area is 153 Å². The minimum absolute atomic E-state index is 0.171. The Morgan fingerprint density at radius 2 is 1.81 bits per heavy atom. The van der Waals surface area contributed by atoms with Crippen LogP contribution in [0.4, 0.5) is 0 Å². The van der Waals surface area contributed by atoms with Crippen LogP contribution in [0.25, 0.3) is 0 Å². The van der Waals surface area contributed by atoms with Crippen LogP contribution in [0, 0.1) is 6.92 Å². The second-order valence-corrected chi connectivity index (χ2v) is 7.45. The largest absolute Gasteiger partial charge is 0.491 e. The summed E-state index contributed by atoms with van der Waals surface area (Å²) in [4.78, 5) is 24.3. The van der Waals surface area contributed by atoms with Crippen molar-refractivity contribution in [2.75, 3.05) is 6.61 Å². The summed E-state index contributed by atoms with van der Waals surface area (Å²) in [5.74, 6) is -1.21. The topological polar surface area (TPSA) is 93.4 Å². The van der Waals surface area contributed by atoms with Crippen molar-refractivity contribution in [1.29, 1.82) is 0 Å². The predicted octanol–water partition coefficient (Wildman–Crippen LogP) is 2.60. The van der Waals surface area contributed by atoms with Crippen molar-refractivity contribution in [2.24, 2.45) is 0 Å². The van der Waals surface area contributed by atoms with Crippen molar-refractivity contribution in [3.63, 3.8) is 0 Å². The number of amides is 1. The molecule has 0 spiro atoms. The molecule has 1 aromatic heterocycles. The molecular weight excluding hydrogens is 334 g/mol. The molecule has 0 aliphatic heterocycles. The SMILES string of the molecule is Cc1cc(C(=O)NC(C)(COc2ccccc2)C(=O)O)nn1C(C)(C)C. The summed E-state index contributed by atoms with van der Waals surface area (Å²) in [6.07, 6.45) is 0. The molecule has 0 saturated heterocycles. The number of nitrogens with zero attached hydrogens (tertiary/aromatic N) is 2. The van der Waals surface area contributed by atoms with Gasteiger partial charge in [-0.15, -0.1) is 0 Å². The molecule has 26 heavy (non-hydrogen) atoms. The quantitative estimate of drug-likeness (QED) is 0.827. The number of rotatable bonds is 6. The van der Waals surface area contributed by atoms with Gasteiger partial charge in [0.2, 0.25) is 0 Å². The highest BCUT2D eigenvalue weighted by Gasteiger charge is 2.37. The van der Waals surface area contributed by atoms with E-state index in [1.54, 1.807) is 35.0 Å². The molecule has 140 valence electrons. The highest BCUT2D eigenvalue weighted by Crippen LogP contribution is 2.18. The highest BCUT2D eigenvalue weighted by atomic mass is 16.5. The van der Waals surface area contributed by atoms with Gasteiger partial charge >= 0.3 is 5.97 Å². The van der Waals surface area contributed by atoms with E-state index in [9.17, 15) is 14.7 Å². The van der Waals surface area contributed by atoms with Crippen LogP contribution < -0.4 is 10.1 Å². The van der Waals surface area contributed by atoms with E-state index in [0.29, 0.717) is 5.75 Å². The summed E-state index contributed by atoms with van der Waals surface area (Å²) in [6.45, 7) is 8.97. The lowest BCUT2D eigenvalue weighted by molar-refractivity contribution is -0.145. The summed E-state index contributed by atoms with van der Waals surface area (Å²) in [7, 11) is 0. The lowest BCUT2D eigenvalue weighted by Crippen LogP contribution is -2.56. The molecule has 0 fully saturated rings. The van der Waals surface area contributed by atoms with Gasteiger partial charge in [-0.2, -0.15) is 5.10 Å². The van der Waals surface area contributed by atoms with Crippen molar-refractivity contribution in [3.8, 4) is 5.75 Å². The normalized spacial score (nSPS) is 13.7. The monoisotopic (exact) mass is 359 g/mol. The highest BCUT2D eigenvalue weighted by molar-refractivity contribution is 5.96. The number of nitrogens with one attached hydrogen (secondary N) is 1. The van der Waals surface area contributed by atoms with Crippen molar-refractivity contribution in [3.05, 3.63) is 47.8 Å². The van der Waals surface area contributed by atoms with Crippen LogP contribution in [-0.4, -0.2) is 38.9 Å². The Hall–Kier alpha value is -2.83. The molecule has 0 aliphatic rings. The van der Waals surface area contributed by atoms with Gasteiger partial charge in [-0.3, -0.25) is 9.48 Å². The van der Waals surface area contributed by atoms with Gasteiger partial charge in [0.1, 0.15) is 18.1 Å². The zero-order valence-corrected chi connectivity index (χ0v) is 15.7. The number of benzene rings is 1. The van der Waals surface area contributed by atoms with Gasteiger partial charge in [0.05, 0.1) is 5.54 Å². The van der Waals surface area contributed by atoms with Gasteiger partial charge in [-0.05, 0) is 52.8 Å². The van der Waals surface area contributed by atoms with Gasteiger partial charge < -0.3 is 15.2 Å². The summed E-state index contributed by atoms with van der Waals surface area (Å²) in [5, 5.41) is 16.4. The molecule has 0 saturated carbocycles. The van der Waals surface area contributed by atoms with Gasteiger partial charge in [-0.25, -0.2) is 4.79 Å². The van der Waals surface area contributed by atoms with Gasteiger partial charge in [0.25, 0.3) is 5.91 Å². The first-order valence-electron chi connectivity index (χ1n) is 8.34. The summed E-state index contributed by atoms with van der Waals surface area (Å²) in [6, 6.07) is 10.5. The predicted molar refractivity (Wildman–Crippen MR) is 97.4 cm³/mol. The van der Waals surface area contributed by atoms with Crippen LogP contribution in [0.3, 0.4) is 0 Å². The second kappa shape index (κ2) is 7.19. The number of carboxylic acids is 1. The van der Waals surface area contributed by atoms with Gasteiger partial charge in [0.15, 0.2) is 5.54 Å². The maximum absolute atomic E-state index is 12.6. The molecule has 1 heterocycles. The first kappa shape index (κ1) is 19.5. The van der Waals surface area contributed by atoms with Crippen molar-refractivity contribution >= 4 is 11.9 Å². The minimum Gasteiger partial charge on any atom is -0.491 e. The second-order valence-electron chi connectivity index (χ2n) is 7.45. The number of ether oxygens (including phenoxy) is 1. The van der Waals surface area contributed by atoms with Crippen molar-refractivity contribution in [2.45, 2.75) is 45.7 Å². The molecule has 1 aromatic carbocycles. The first-order chi connectivity index (χ1) is 12.0. The van der Waals surface area contributed by atoms with E-state index in [4.69, 9.17) is 4.74 Å². The van der Waals surface area contributed by atoms with Crippen molar-refractivity contribution in [1.82, 2.24) is 15.1 Å². The van der Waals surface area contributed by atoms with E-state index in [2.05, 4.69) is 10.4 Å². The number of carbonyl (C=O) groups excluding carboxylic acids is 1. The summed E-state index contributed by atoms with van der Waals surface area (Å²) >= 11 is 0. The van der Waals surface area contributed by atoms with Crippen molar-refractivity contribution < 1.29 is 19.4 Å². The van der Waals surface area contributed by atoms with Crippen LogP contribution in [0.5, 0.6) is 5.75 Å².